The molecule has 0 bridgehead atoms. The molecule has 3 rings (SSSR count). The molecule has 0 saturated heterocycles. The van der Waals surface area contributed by atoms with E-state index in [1.807, 2.05) is 62.4 Å². The lowest BCUT2D eigenvalue weighted by molar-refractivity contribution is -0.143. The number of amides is 2. The Kier molecular flexibility index (Phi) is 9.38. The molecule has 1 atom stereocenters. The first-order valence-electron chi connectivity index (χ1n) is 11.5. The number of halogens is 1. The van der Waals surface area contributed by atoms with E-state index in [1.54, 1.807) is 4.90 Å². The summed E-state index contributed by atoms with van der Waals surface area (Å²) in [5, 5.41) is 3.21. The van der Waals surface area contributed by atoms with Gasteiger partial charge in [0.1, 0.15) is 11.8 Å². The van der Waals surface area contributed by atoms with Crippen molar-refractivity contribution in [2.75, 3.05) is 6.61 Å². The Bertz CT molecular complexity index is 877. The first-order valence-corrected chi connectivity index (χ1v) is 12.6. The Morgan fingerprint density at radius 1 is 1.06 bits per heavy atom. The van der Waals surface area contributed by atoms with Gasteiger partial charge in [0.25, 0.3) is 5.91 Å². The molecule has 0 heterocycles. The normalized spacial score (nSPS) is 15.1. The van der Waals surface area contributed by atoms with Crippen molar-refractivity contribution < 1.29 is 14.3 Å². The van der Waals surface area contributed by atoms with E-state index < -0.39 is 6.04 Å². The van der Waals surface area contributed by atoms with Crippen molar-refractivity contribution in [2.45, 2.75) is 71.0 Å². The Hall–Kier alpha value is -2.09. The van der Waals surface area contributed by atoms with Crippen molar-refractivity contribution in [2.24, 2.45) is 0 Å². The van der Waals surface area contributed by atoms with Crippen LogP contribution in [-0.2, 0) is 16.1 Å². The fourth-order valence-corrected chi connectivity index (χ4v) is 4.47. The Morgan fingerprint density at radius 2 is 1.72 bits per heavy atom. The zero-order valence-corrected chi connectivity index (χ0v) is 21.1. The fourth-order valence-electron chi connectivity index (χ4n) is 4.11. The van der Waals surface area contributed by atoms with Gasteiger partial charge in [0.05, 0.1) is 0 Å². The van der Waals surface area contributed by atoms with Crippen LogP contribution in [0.25, 0.3) is 0 Å². The molecule has 1 saturated carbocycles. The first kappa shape index (κ1) is 24.6. The number of hydrogen-bond acceptors (Lipinski definition) is 3. The predicted molar refractivity (Wildman–Crippen MR) is 135 cm³/mol. The first-order chi connectivity index (χ1) is 15.5. The molecular weight excluding hydrogens is 515 g/mol. The highest BCUT2D eigenvalue weighted by molar-refractivity contribution is 14.1. The summed E-state index contributed by atoms with van der Waals surface area (Å²) in [7, 11) is 0. The summed E-state index contributed by atoms with van der Waals surface area (Å²) in [6.45, 7) is 4.28. The van der Waals surface area contributed by atoms with Crippen molar-refractivity contribution in [1.82, 2.24) is 10.2 Å². The summed E-state index contributed by atoms with van der Waals surface area (Å²) in [6, 6.07) is 15.4. The zero-order valence-electron chi connectivity index (χ0n) is 19.0. The van der Waals surface area contributed by atoms with Crippen LogP contribution in [0.2, 0.25) is 0 Å². The molecule has 0 spiro atoms. The Morgan fingerprint density at radius 3 is 2.34 bits per heavy atom. The number of nitrogens with one attached hydrogen (secondary N) is 1. The third kappa shape index (κ3) is 7.22. The van der Waals surface area contributed by atoms with E-state index >= 15 is 0 Å². The van der Waals surface area contributed by atoms with E-state index in [0.717, 1.165) is 40.4 Å². The van der Waals surface area contributed by atoms with E-state index in [1.165, 1.54) is 6.42 Å². The highest BCUT2D eigenvalue weighted by atomic mass is 127. The summed E-state index contributed by atoms with van der Waals surface area (Å²) >= 11 is 2.23. The predicted octanol–water partition coefficient (Wildman–Crippen LogP) is 5.23. The standard InChI is InChI=1S/C26H33IN2O3/c1-3-24(26(31)28-22-7-5-4-6-8-22)29(17-20-11-9-19(2)10-12-20)25(30)18-32-23-15-13-21(27)14-16-23/h9-16,22,24H,3-8,17-18H2,1-2H3,(H,28,31)/t24-/m0/s1. The molecule has 2 aromatic carbocycles. The van der Waals surface area contributed by atoms with Crippen LogP contribution >= 0.6 is 22.6 Å². The molecular formula is C26H33IN2O3. The molecule has 0 aliphatic heterocycles. The average Bonchev–Trinajstić information content (AvgIpc) is 2.80. The van der Waals surface area contributed by atoms with Gasteiger partial charge in [-0.05, 0) is 78.6 Å². The smallest absolute Gasteiger partial charge is 0.261 e. The minimum atomic E-state index is -0.522. The summed E-state index contributed by atoms with van der Waals surface area (Å²) in [5.41, 5.74) is 2.16. The van der Waals surface area contributed by atoms with Gasteiger partial charge < -0.3 is 15.0 Å². The van der Waals surface area contributed by atoms with Crippen LogP contribution in [0.3, 0.4) is 0 Å². The number of nitrogens with zero attached hydrogens (tertiary/aromatic N) is 1. The lowest BCUT2D eigenvalue weighted by atomic mass is 9.95. The number of hydrogen-bond donors (Lipinski definition) is 1. The second-order valence-corrected chi connectivity index (χ2v) is 9.76. The third-order valence-electron chi connectivity index (χ3n) is 5.99. The van der Waals surface area contributed by atoms with Crippen molar-refractivity contribution >= 4 is 34.4 Å². The van der Waals surface area contributed by atoms with Crippen LogP contribution in [0, 0.1) is 10.5 Å². The zero-order chi connectivity index (χ0) is 22.9. The molecule has 172 valence electrons. The van der Waals surface area contributed by atoms with E-state index in [2.05, 4.69) is 27.9 Å². The van der Waals surface area contributed by atoms with Crippen LogP contribution < -0.4 is 10.1 Å². The lowest BCUT2D eigenvalue weighted by Crippen LogP contribution is -2.52. The van der Waals surface area contributed by atoms with Crippen molar-refractivity contribution in [3.05, 3.63) is 63.2 Å². The van der Waals surface area contributed by atoms with E-state index in [-0.39, 0.29) is 24.5 Å². The molecule has 6 heteroatoms. The maximum Gasteiger partial charge on any atom is 0.261 e. The number of benzene rings is 2. The monoisotopic (exact) mass is 548 g/mol. The van der Waals surface area contributed by atoms with Crippen molar-refractivity contribution in [3.8, 4) is 5.75 Å². The number of carbonyl (C=O) groups excluding carboxylic acids is 2. The van der Waals surface area contributed by atoms with Crippen LogP contribution in [0.15, 0.2) is 48.5 Å². The summed E-state index contributed by atoms with van der Waals surface area (Å²) < 4.78 is 6.86. The van der Waals surface area contributed by atoms with Gasteiger partial charge in [-0.1, -0.05) is 56.0 Å². The third-order valence-corrected chi connectivity index (χ3v) is 6.71. The van der Waals surface area contributed by atoms with Crippen molar-refractivity contribution in [3.63, 3.8) is 0 Å². The van der Waals surface area contributed by atoms with Crippen LogP contribution in [0.1, 0.15) is 56.6 Å². The van der Waals surface area contributed by atoms with Gasteiger partial charge in [0.15, 0.2) is 6.61 Å². The maximum absolute atomic E-state index is 13.3. The second kappa shape index (κ2) is 12.2. The van der Waals surface area contributed by atoms with Crippen LogP contribution in [0.4, 0.5) is 0 Å². The summed E-state index contributed by atoms with van der Waals surface area (Å²) in [5.74, 6) is 0.401. The van der Waals surface area contributed by atoms with Gasteiger partial charge in [-0.2, -0.15) is 0 Å². The highest BCUT2D eigenvalue weighted by Crippen LogP contribution is 2.20. The number of carbonyl (C=O) groups is 2. The molecule has 2 aromatic rings. The number of ether oxygens (including phenoxy) is 1. The van der Waals surface area contributed by atoms with E-state index in [0.29, 0.717) is 18.7 Å². The van der Waals surface area contributed by atoms with E-state index in [4.69, 9.17) is 4.74 Å². The summed E-state index contributed by atoms with van der Waals surface area (Å²) in [6.07, 6.45) is 6.13. The minimum Gasteiger partial charge on any atom is -0.484 e. The largest absolute Gasteiger partial charge is 0.484 e. The van der Waals surface area contributed by atoms with Crippen LogP contribution in [-0.4, -0.2) is 35.4 Å². The van der Waals surface area contributed by atoms with Gasteiger partial charge in [-0.15, -0.1) is 0 Å². The second-order valence-electron chi connectivity index (χ2n) is 8.52. The number of aryl methyl sites for hydroxylation is 1. The Balaban J connectivity index is 1.73. The SMILES string of the molecule is CC[C@@H](C(=O)NC1CCCCC1)N(Cc1ccc(C)cc1)C(=O)COc1ccc(I)cc1. The molecule has 32 heavy (non-hydrogen) atoms. The van der Waals surface area contributed by atoms with Gasteiger partial charge in [-0.3, -0.25) is 9.59 Å². The van der Waals surface area contributed by atoms with Crippen molar-refractivity contribution in [1.29, 1.82) is 0 Å². The lowest BCUT2D eigenvalue weighted by Gasteiger charge is -2.32. The molecule has 1 N–H and O–H groups in total. The van der Waals surface area contributed by atoms with Gasteiger partial charge in [0, 0.05) is 16.2 Å². The molecule has 0 unspecified atom stereocenters. The van der Waals surface area contributed by atoms with E-state index in [9.17, 15) is 9.59 Å². The van der Waals surface area contributed by atoms with Gasteiger partial charge in [-0.25, -0.2) is 0 Å². The number of rotatable bonds is 9. The Labute approximate surface area is 205 Å². The highest BCUT2D eigenvalue weighted by Gasteiger charge is 2.30. The van der Waals surface area contributed by atoms with Crippen LogP contribution in [0.5, 0.6) is 5.75 Å². The summed E-state index contributed by atoms with van der Waals surface area (Å²) in [4.78, 5) is 28.1. The van der Waals surface area contributed by atoms with Gasteiger partial charge >= 0.3 is 0 Å². The maximum atomic E-state index is 13.3. The molecule has 0 aromatic heterocycles. The van der Waals surface area contributed by atoms with Gasteiger partial charge in [0.2, 0.25) is 5.91 Å². The average molecular weight is 548 g/mol. The fraction of sp³-hybridized carbons (Fsp3) is 0.462. The molecule has 1 aliphatic carbocycles. The molecule has 1 fully saturated rings. The minimum absolute atomic E-state index is 0.0610. The molecule has 2 amide bonds. The quantitative estimate of drug-likeness (QED) is 0.437. The molecule has 1 aliphatic rings. The topological polar surface area (TPSA) is 58.6 Å². The molecule has 0 radical (unpaired) electrons. The molecule has 5 nitrogen and oxygen atoms in total.